The number of aromatic nitrogens is 2. The second-order valence-corrected chi connectivity index (χ2v) is 4.02. The zero-order valence-electron chi connectivity index (χ0n) is 10.7. The molecule has 7 heteroatoms. The minimum Gasteiger partial charge on any atom is -0.464 e. The molecule has 1 aromatic heterocycles. The largest absolute Gasteiger partial charge is 0.464 e. The molecule has 1 atom stereocenters. The van der Waals surface area contributed by atoms with Crippen LogP contribution in [0.25, 0.3) is 0 Å². The number of ether oxygens (including phenoxy) is 1. The molecule has 0 fully saturated rings. The first-order valence-electron chi connectivity index (χ1n) is 5.73. The highest BCUT2D eigenvalue weighted by atomic mass is 16.5. The van der Waals surface area contributed by atoms with E-state index in [1.54, 1.807) is 17.8 Å². The van der Waals surface area contributed by atoms with E-state index < -0.39 is 17.9 Å². The fraction of sp³-hybridized carbons (Fsp3) is 0.545. The standard InChI is InChI=1S/C11H18N4O3/c1-4-18-11(17)9(12)10(16)14-8-5-13-15(6-8)7(2)3/h5-7,9H,4,12H2,1-3H3,(H,14,16). The van der Waals surface area contributed by atoms with Gasteiger partial charge in [0.25, 0.3) is 5.91 Å². The Balaban J connectivity index is 2.60. The van der Waals surface area contributed by atoms with E-state index in [1.165, 1.54) is 6.20 Å². The predicted molar refractivity (Wildman–Crippen MR) is 65.9 cm³/mol. The summed E-state index contributed by atoms with van der Waals surface area (Å²) in [4.78, 5) is 22.9. The van der Waals surface area contributed by atoms with E-state index in [-0.39, 0.29) is 12.6 Å². The lowest BCUT2D eigenvalue weighted by Gasteiger charge is -2.09. The SMILES string of the molecule is CCOC(=O)C(N)C(=O)Nc1cnn(C(C)C)c1. The van der Waals surface area contributed by atoms with Crippen LogP contribution in [0.2, 0.25) is 0 Å². The van der Waals surface area contributed by atoms with Crippen molar-refractivity contribution in [3.05, 3.63) is 12.4 Å². The molecule has 1 unspecified atom stereocenters. The van der Waals surface area contributed by atoms with Gasteiger partial charge in [0.1, 0.15) is 0 Å². The Morgan fingerprint density at radius 2 is 2.22 bits per heavy atom. The minimum absolute atomic E-state index is 0.186. The number of rotatable bonds is 5. The van der Waals surface area contributed by atoms with Crippen molar-refractivity contribution in [2.45, 2.75) is 32.9 Å². The van der Waals surface area contributed by atoms with Crippen molar-refractivity contribution < 1.29 is 14.3 Å². The van der Waals surface area contributed by atoms with Gasteiger partial charge in [-0.1, -0.05) is 0 Å². The molecule has 0 aliphatic heterocycles. The highest BCUT2D eigenvalue weighted by Gasteiger charge is 2.23. The first-order valence-corrected chi connectivity index (χ1v) is 5.73. The molecule has 0 radical (unpaired) electrons. The number of amides is 1. The summed E-state index contributed by atoms with van der Waals surface area (Å²) in [5, 5.41) is 6.56. The van der Waals surface area contributed by atoms with Gasteiger partial charge in [0.05, 0.1) is 18.5 Å². The molecule has 1 rings (SSSR count). The first-order chi connectivity index (χ1) is 8.45. The third-order valence-corrected chi connectivity index (χ3v) is 2.22. The van der Waals surface area contributed by atoms with Gasteiger partial charge in [-0.2, -0.15) is 5.10 Å². The number of carbonyl (C=O) groups is 2. The van der Waals surface area contributed by atoms with Crippen LogP contribution in [0.5, 0.6) is 0 Å². The lowest BCUT2D eigenvalue weighted by atomic mass is 10.3. The molecule has 1 heterocycles. The van der Waals surface area contributed by atoms with Crippen LogP contribution < -0.4 is 11.1 Å². The molecule has 0 aliphatic carbocycles. The molecule has 1 amide bonds. The number of hydrogen-bond acceptors (Lipinski definition) is 5. The summed E-state index contributed by atoms with van der Waals surface area (Å²) in [6.45, 7) is 5.76. The summed E-state index contributed by atoms with van der Waals surface area (Å²) in [7, 11) is 0. The molecule has 0 bridgehead atoms. The number of hydrogen-bond donors (Lipinski definition) is 2. The average molecular weight is 254 g/mol. The maximum atomic E-state index is 11.6. The van der Waals surface area contributed by atoms with Crippen LogP contribution in [0.15, 0.2) is 12.4 Å². The fourth-order valence-electron chi connectivity index (χ4n) is 1.24. The van der Waals surface area contributed by atoms with Crippen LogP contribution >= 0.6 is 0 Å². The van der Waals surface area contributed by atoms with Crippen molar-refractivity contribution in [1.82, 2.24) is 9.78 Å². The third kappa shape index (κ3) is 3.56. The number of anilines is 1. The van der Waals surface area contributed by atoms with Crippen molar-refractivity contribution in [2.75, 3.05) is 11.9 Å². The van der Waals surface area contributed by atoms with Crippen LogP contribution in [-0.4, -0.2) is 34.3 Å². The van der Waals surface area contributed by atoms with E-state index in [2.05, 4.69) is 15.2 Å². The van der Waals surface area contributed by atoms with E-state index in [1.807, 2.05) is 13.8 Å². The molecule has 18 heavy (non-hydrogen) atoms. The predicted octanol–water partition coefficient (Wildman–Crippen LogP) is 0.293. The Morgan fingerprint density at radius 3 is 2.72 bits per heavy atom. The van der Waals surface area contributed by atoms with Crippen molar-refractivity contribution in [2.24, 2.45) is 5.73 Å². The second kappa shape index (κ2) is 6.15. The zero-order chi connectivity index (χ0) is 13.7. The summed E-state index contributed by atoms with van der Waals surface area (Å²) < 4.78 is 6.35. The summed E-state index contributed by atoms with van der Waals surface area (Å²) in [5.41, 5.74) is 5.94. The number of nitrogens with two attached hydrogens (primary N) is 1. The number of nitrogens with zero attached hydrogens (tertiary/aromatic N) is 2. The Hall–Kier alpha value is -1.89. The maximum absolute atomic E-state index is 11.6. The van der Waals surface area contributed by atoms with E-state index in [0.717, 1.165) is 0 Å². The normalized spacial score (nSPS) is 12.3. The van der Waals surface area contributed by atoms with Gasteiger partial charge in [0, 0.05) is 12.2 Å². The molecule has 0 saturated carbocycles. The van der Waals surface area contributed by atoms with Gasteiger partial charge in [-0.05, 0) is 20.8 Å². The molecule has 100 valence electrons. The summed E-state index contributed by atoms with van der Waals surface area (Å²) >= 11 is 0. The van der Waals surface area contributed by atoms with Gasteiger partial charge >= 0.3 is 5.97 Å². The van der Waals surface area contributed by atoms with Crippen LogP contribution in [0.1, 0.15) is 26.8 Å². The van der Waals surface area contributed by atoms with Crippen LogP contribution in [0.3, 0.4) is 0 Å². The monoisotopic (exact) mass is 254 g/mol. The Labute approximate surface area is 105 Å². The van der Waals surface area contributed by atoms with Crippen molar-refractivity contribution in [3.63, 3.8) is 0 Å². The molecular weight excluding hydrogens is 236 g/mol. The Bertz CT molecular complexity index is 428. The van der Waals surface area contributed by atoms with E-state index in [9.17, 15) is 9.59 Å². The van der Waals surface area contributed by atoms with E-state index >= 15 is 0 Å². The van der Waals surface area contributed by atoms with E-state index in [0.29, 0.717) is 5.69 Å². The Kier molecular flexibility index (Phi) is 4.85. The molecule has 1 aromatic rings. The topological polar surface area (TPSA) is 99.2 Å². The minimum atomic E-state index is -1.33. The lowest BCUT2D eigenvalue weighted by molar-refractivity contribution is -0.146. The second-order valence-electron chi connectivity index (χ2n) is 4.02. The number of esters is 1. The zero-order valence-corrected chi connectivity index (χ0v) is 10.7. The Morgan fingerprint density at radius 1 is 1.56 bits per heavy atom. The van der Waals surface area contributed by atoms with Gasteiger partial charge in [-0.25, -0.2) is 4.79 Å². The highest BCUT2D eigenvalue weighted by molar-refractivity contribution is 6.08. The molecule has 3 N–H and O–H groups in total. The average Bonchev–Trinajstić information content (AvgIpc) is 2.77. The van der Waals surface area contributed by atoms with Crippen molar-refractivity contribution in [3.8, 4) is 0 Å². The molecule has 0 aromatic carbocycles. The smallest absolute Gasteiger partial charge is 0.332 e. The van der Waals surface area contributed by atoms with Crippen LogP contribution in [0, 0.1) is 0 Å². The number of carbonyl (C=O) groups excluding carboxylic acids is 2. The molecule has 0 saturated heterocycles. The maximum Gasteiger partial charge on any atom is 0.332 e. The molecular formula is C11H18N4O3. The van der Waals surface area contributed by atoms with Gasteiger partial charge in [0.2, 0.25) is 0 Å². The van der Waals surface area contributed by atoms with Crippen molar-refractivity contribution >= 4 is 17.6 Å². The van der Waals surface area contributed by atoms with Crippen LogP contribution in [0.4, 0.5) is 5.69 Å². The van der Waals surface area contributed by atoms with Gasteiger partial charge in [-0.15, -0.1) is 0 Å². The van der Waals surface area contributed by atoms with Gasteiger partial charge in [0.15, 0.2) is 6.04 Å². The van der Waals surface area contributed by atoms with E-state index in [4.69, 9.17) is 5.73 Å². The van der Waals surface area contributed by atoms with Gasteiger partial charge in [-0.3, -0.25) is 9.48 Å². The summed E-state index contributed by atoms with van der Waals surface area (Å²) in [5.74, 6) is -1.36. The fourth-order valence-corrected chi connectivity index (χ4v) is 1.24. The van der Waals surface area contributed by atoms with Crippen molar-refractivity contribution in [1.29, 1.82) is 0 Å². The molecule has 0 spiro atoms. The molecule has 0 aliphatic rings. The van der Waals surface area contributed by atoms with Gasteiger partial charge < -0.3 is 15.8 Å². The summed E-state index contributed by atoms with van der Waals surface area (Å²) in [6, 6.07) is -1.14. The third-order valence-electron chi connectivity index (χ3n) is 2.22. The number of nitrogens with one attached hydrogen (secondary N) is 1. The quantitative estimate of drug-likeness (QED) is 0.581. The van der Waals surface area contributed by atoms with Crippen LogP contribution in [-0.2, 0) is 14.3 Å². The highest BCUT2D eigenvalue weighted by Crippen LogP contribution is 2.10. The molecule has 7 nitrogen and oxygen atoms in total. The lowest BCUT2D eigenvalue weighted by Crippen LogP contribution is -2.43. The summed E-state index contributed by atoms with van der Waals surface area (Å²) in [6.07, 6.45) is 3.16. The first kappa shape index (κ1) is 14.2.